The highest BCUT2D eigenvalue weighted by molar-refractivity contribution is 5.80. The van der Waals surface area contributed by atoms with Gasteiger partial charge in [-0.1, -0.05) is 72.3 Å². The fraction of sp³-hybridized carbons (Fsp3) is 0.406. The Bertz CT molecular complexity index is 1150. The Labute approximate surface area is 220 Å². The van der Waals surface area contributed by atoms with Gasteiger partial charge in [0.1, 0.15) is 18.5 Å². The zero-order chi connectivity index (χ0) is 25.6. The molecule has 0 radical (unpaired) electrons. The van der Waals surface area contributed by atoms with Gasteiger partial charge >= 0.3 is 0 Å². The standard InChI is InChI=1S/C32H37FN2O2/c1-24-7-9-25(10-8-24)21-35-20-16-28(32(35)36)15-18-34-19-17-30(31(33)22-34)27-11-13-29(14-12-27)37-23-26-5-3-2-4-6-26/h2-14,28,30-31H,15-23H2,1H3/t28?,30-,31+/m1/s1. The first kappa shape index (κ1) is 25.5. The van der Waals surface area contributed by atoms with Crippen molar-refractivity contribution in [2.75, 3.05) is 26.2 Å². The number of alkyl halides is 1. The van der Waals surface area contributed by atoms with Gasteiger partial charge in [-0.05, 0) is 68.1 Å². The van der Waals surface area contributed by atoms with Crippen LogP contribution in [0.1, 0.15) is 47.4 Å². The van der Waals surface area contributed by atoms with Crippen molar-refractivity contribution < 1.29 is 13.9 Å². The quantitative estimate of drug-likeness (QED) is 0.354. The summed E-state index contributed by atoms with van der Waals surface area (Å²) in [5.74, 6) is 1.03. The number of nitrogens with zero attached hydrogens (tertiary/aromatic N) is 2. The summed E-state index contributed by atoms with van der Waals surface area (Å²) in [7, 11) is 0. The van der Waals surface area contributed by atoms with E-state index < -0.39 is 6.17 Å². The number of piperidine rings is 1. The van der Waals surface area contributed by atoms with Crippen LogP contribution in [0.3, 0.4) is 0 Å². The SMILES string of the molecule is Cc1ccc(CN2CCC(CCN3CC[C@H](c4ccc(OCc5ccccc5)cc4)[C@@H](F)C3)C2=O)cc1. The van der Waals surface area contributed by atoms with Crippen LogP contribution in [0.15, 0.2) is 78.9 Å². The number of carbonyl (C=O) groups is 1. The van der Waals surface area contributed by atoms with E-state index in [1.807, 2.05) is 59.5 Å². The fourth-order valence-electron chi connectivity index (χ4n) is 5.58. The smallest absolute Gasteiger partial charge is 0.226 e. The van der Waals surface area contributed by atoms with E-state index in [-0.39, 0.29) is 17.7 Å². The summed E-state index contributed by atoms with van der Waals surface area (Å²) in [6.07, 6.45) is 1.61. The van der Waals surface area contributed by atoms with E-state index in [1.54, 1.807) is 0 Å². The Kier molecular flexibility index (Phi) is 8.20. The number of hydrogen-bond acceptors (Lipinski definition) is 3. The van der Waals surface area contributed by atoms with Crippen LogP contribution in [0.25, 0.3) is 0 Å². The zero-order valence-corrected chi connectivity index (χ0v) is 21.7. The van der Waals surface area contributed by atoms with E-state index in [2.05, 4.69) is 36.1 Å². The van der Waals surface area contributed by atoms with E-state index in [1.165, 1.54) is 11.1 Å². The topological polar surface area (TPSA) is 32.8 Å². The van der Waals surface area contributed by atoms with Gasteiger partial charge in [0.15, 0.2) is 0 Å². The molecule has 1 amide bonds. The Balaban J connectivity index is 1.06. The molecule has 3 aromatic rings. The maximum absolute atomic E-state index is 15.2. The van der Waals surface area contributed by atoms with Crippen LogP contribution in [0, 0.1) is 12.8 Å². The fourth-order valence-corrected chi connectivity index (χ4v) is 5.58. The van der Waals surface area contributed by atoms with Gasteiger partial charge in [0.25, 0.3) is 0 Å². The second-order valence-electron chi connectivity index (χ2n) is 10.6. The average Bonchev–Trinajstić information content (AvgIpc) is 3.27. The molecule has 0 spiro atoms. The van der Waals surface area contributed by atoms with Crippen molar-refractivity contribution in [3.05, 3.63) is 101 Å². The minimum Gasteiger partial charge on any atom is -0.489 e. The monoisotopic (exact) mass is 500 g/mol. The third-order valence-electron chi connectivity index (χ3n) is 7.88. The molecule has 3 aromatic carbocycles. The second-order valence-corrected chi connectivity index (χ2v) is 10.6. The van der Waals surface area contributed by atoms with Crippen LogP contribution < -0.4 is 4.74 Å². The number of halogens is 1. The lowest BCUT2D eigenvalue weighted by atomic mass is 9.87. The minimum absolute atomic E-state index is 0.0599. The van der Waals surface area contributed by atoms with Crippen molar-refractivity contribution in [2.45, 2.75) is 51.4 Å². The molecule has 0 saturated carbocycles. The van der Waals surface area contributed by atoms with Crippen LogP contribution in [0.2, 0.25) is 0 Å². The molecule has 2 fully saturated rings. The van der Waals surface area contributed by atoms with Gasteiger partial charge in [-0.2, -0.15) is 0 Å². The molecule has 194 valence electrons. The summed E-state index contributed by atoms with van der Waals surface area (Å²) in [5, 5.41) is 0. The number of aryl methyl sites for hydroxylation is 1. The van der Waals surface area contributed by atoms with Crippen LogP contribution in [-0.2, 0) is 17.9 Å². The highest BCUT2D eigenvalue weighted by Gasteiger charge is 2.34. The lowest BCUT2D eigenvalue weighted by Gasteiger charge is -2.35. The van der Waals surface area contributed by atoms with Crippen LogP contribution in [0.5, 0.6) is 5.75 Å². The van der Waals surface area contributed by atoms with E-state index in [0.717, 1.165) is 55.8 Å². The van der Waals surface area contributed by atoms with Gasteiger partial charge in [-0.25, -0.2) is 4.39 Å². The Hall–Kier alpha value is -3.18. The predicted octanol–water partition coefficient (Wildman–Crippen LogP) is 6.14. The molecule has 37 heavy (non-hydrogen) atoms. The number of benzene rings is 3. The minimum atomic E-state index is -0.901. The van der Waals surface area contributed by atoms with Crippen molar-refractivity contribution >= 4 is 5.91 Å². The largest absolute Gasteiger partial charge is 0.489 e. The maximum Gasteiger partial charge on any atom is 0.226 e. The van der Waals surface area contributed by atoms with Crippen LogP contribution >= 0.6 is 0 Å². The number of ether oxygens (including phenoxy) is 1. The average molecular weight is 501 g/mol. The van der Waals surface area contributed by atoms with Gasteiger partial charge in [-0.3, -0.25) is 4.79 Å². The summed E-state index contributed by atoms with van der Waals surface area (Å²) >= 11 is 0. The molecule has 5 rings (SSSR count). The molecule has 0 N–H and O–H groups in total. The van der Waals surface area contributed by atoms with Gasteiger partial charge < -0.3 is 14.5 Å². The molecule has 2 aliphatic rings. The normalized spacial score (nSPS) is 22.4. The van der Waals surface area contributed by atoms with Gasteiger partial charge in [0.2, 0.25) is 5.91 Å². The molecule has 1 unspecified atom stereocenters. The Morgan fingerprint density at radius 2 is 1.65 bits per heavy atom. The second kappa shape index (κ2) is 11.9. The third kappa shape index (κ3) is 6.58. The van der Waals surface area contributed by atoms with Crippen molar-refractivity contribution in [1.29, 1.82) is 0 Å². The summed E-state index contributed by atoms with van der Waals surface area (Å²) in [4.78, 5) is 17.1. The number of rotatable bonds is 9. The molecule has 4 nitrogen and oxygen atoms in total. The molecular weight excluding hydrogens is 463 g/mol. The third-order valence-corrected chi connectivity index (χ3v) is 7.88. The summed E-state index contributed by atoms with van der Waals surface area (Å²) in [6.45, 7) is 6.19. The first-order valence-electron chi connectivity index (χ1n) is 13.5. The first-order chi connectivity index (χ1) is 18.0. The Morgan fingerprint density at radius 1 is 0.892 bits per heavy atom. The van der Waals surface area contributed by atoms with Crippen LogP contribution in [-0.4, -0.2) is 48.1 Å². The number of hydrogen-bond donors (Lipinski definition) is 0. The molecular formula is C32H37FN2O2. The summed E-state index contributed by atoms with van der Waals surface area (Å²) in [6, 6.07) is 26.4. The van der Waals surface area contributed by atoms with Gasteiger partial charge in [0.05, 0.1) is 0 Å². The molecule has 2 saturated heterocycles. The molecule has 0 aromatic heterocycles. The molecule has 0 aliphatic carbocycles. The first-order valence-corrected chi connectivity index (χ1v) is 13.5. The summed E-state index contributed by atoms with van der Waals surface area (Å²) in [5.41, 5.74) is 4.57. The van der Waals surface area contributed by atoms with Crippen LogP contribution in [0.4, 0.5) is 4.39 Å². The van der Waals surface area contributed by atoms with Crippen molar-refractivity contribution in [3.8, 4) is 5.75 Å². The number of likely N-dealkylation sites (tertiary alicyclic amines) is 2. The van der Waals surface area contributed by atoms with E-state index in [0.29, 0.717) is 19.7 Å². The number of carbonyl (C=O) groups excluding carboxylic acids is 1. The molecule has 2 heterocycles. The van der Waals surface area contributed by atoms with Gasteiger partial charge in [-0.15, -0.1) is 0 Å². The van der Waals surface area contributed by atoms with E-state index in [9.17, 15) is 4.79 Å². The lowest BCUT2D eigenvalue weighted by Crippen LogP contribution is -2.41. The Morgan fingerprint density at radius 3 is 2.38 bits per heavy atom. The molecule has 3 atom stereocenters. The molecule has 2 aliphatic heterocycles. The van der Waals surface area contributed by atoms with Crippen molar-refractivity contribution in [3.63, 3.8) is 0 Å². The van der Waals surface area contributed by atoms with E-state index in [4.69, 9.17) is 4.74 Å². The predicted molar refractivity (Wildman–Crippen MR) is 145 cm³/mol. The highest BCUT2D eigenvalue weighted by Crippen LogP contribution is 2.32. The highest BCUT2D eigenvalue weighted by atomic mass is 19.1. The van der Waals surface area contributed by atoms with Crippen molar-refractivity contribution in [1.82, 2.24) is 9.80 Å². The summed E-state index contributed by atoms with van der Waals surface area (Å²) < 4.78 is 21.1. The molecule has 0 bridgehead atoms. The van der Waals surface area contributed by atoms with Crippen molar-refractivity contribution in [2.24, 2.45) is 5.92 Å². The van der Waals surface area contributed by atoms with Gasteiger partial charge in [0, 0.05) is 31.5 Å². The maximum atomic E-state index is 15.2. The molecule has 5 heteroatoms. The van der Waals surface area contributed by atoms with E-state index >= 15 is 4.39 Å². The number of amides is 1. The zero-order valence-electron chi connectivity index (χ0n) is 21.7. The lowest BCUT2D eigenvalue weighted by molar-refractivity contribution is -0.131.